The van der Waals surface area contributed by atoms with Crippen LogP contribution in [0.3, 0.4) is 0 Å². The Labute approximate surface area is 85.3 Å². The van der Waals surface area contributed by atoms with E-state index in [4.69, 9.17) is 5.48 Å². The van der Waals surface area contributed by atoms with E-state index in [1.54, 1.807) is 18.2 Å². The highest BCUT2D eigenvalue weighted by atomic mass is 79.9. The summed E-state index contributed by atoms with van der Waals surface area (Å²) in [5, 5.41) is -2.44. The molecule has 0 radical (unpaired) electrons. The highest BCUT2D eigenvalue weighted by Gasteiger charge is 2.03. The molecular weight excluding hydrogens is 220 g/mol. The zero-order valence-electron chi connectivity index (χ0n) is 10.1. The molecule has 12 heavy (non-hydrogen) atoms. The van der Waals surface area contributed by atoms with Gasteiger partial charge in [0.05, 0.1) is 8.30 Å². The van der Waals surface area contributed by atoms with Crippen molar-refractivity contribution < 1.29 is 15.0 Å². The minimum absolute atomic E-state index is 0.170. The van der Waals surface area contributed by atoms with Gasteiger partial charge in [0.25, 0.3) is 0 Å². The third kappa shape index (κ3) is 2.66. The Kier molecular flexibility index (Phi) is 2.06. The van der Waals surface area contributed by atoms with Gasteiger partial charge in [0.15, 0.2) is 0 Å². The third-order valence-corrected chi connectivity index (χ3v) is 1.35. The molecule has 0 saturated carbocycles. The number of carbonyl (C=O) groups excluding carboxylic acids is 1. The summed E-state index contributed by atoms with van der Waals surface area (Å²) in [4.78, 5) is 11.5. The quantitative estimate of drug-likeness (QED) is 0.591. The zero-order valence-corrected chi connectivity index (χ0v) is 7.67. The molecule has 0 bridgehead atoms. The Morgan fingerprint density at radius 3 is 2.75 bits per heavy atom. The molecule has 0 aromatic heterocycles. The van der Waals surface area contributed by atoms with Gasteiger partial charge in [-0.25, -0.2) is 4.79 Å². The van der Waals surface area contributed by atoms with Crippen molar-refractivity contribution in [3.8, 4) is 0 Å². The van der Waals surface area contributed by atoms with Crippen LogP contribution in [0, 0.1) is 0 Å². The number of esters is 1. The molecule has 0 amide bonds. The normalized spacial score (nSPS) is 16.8. The van der Waals surface area contributed by atoms with Crippen LogP contribution in [0.5, 0.6) is 0 Å². The molecule has 2 nitrogen and oxygen atoms in total. The summed E-state index contributed by atoms with van der Waals surface area (Å²) >= 11 is 2.48. The van der Waals surface area contributed by atoms with Crippen molar-refractivity contribution in [2.45, 2.75) is 0 Å². The monoisotopic (exact) mass is 232 g/mol. The first kappa shape index (κ1) is 5.02. The van der Waals surface area contributed by atoms with Crippen LogP contribution in [0.15, 0.2) is 30.3 Å². The van der Waals surface area contributed by atoms with Crippen LogP contribution in [0.25, 0.3) is 0 Å². The van der Waals surface area contributed by atoms with Crippen LogP contribution in [0.2, 0.25) is 0 Å². The molecule has 1 aromatic carbocycles. The predicted molar refractivity (Wildman–Crippen MR) is 50.5 cm³/mol. The van der Waals surface area contributed by atoms with Gasteiger partial charge in [0.2, 0.25) is 0 Å². The van der Waals surface area contributed by atoms with E-state index in [0.29, 0.717) is 0 Å². The van der Waals surface area contributed by atoms with Crippen molar-refractivity contribution in [1.82, 2.24) is 0 Å². The number of halogens is 1. The molecule has 1 rings (SSSR count). The van der Waals surface area contributed by atoms with Crippen molar-refractivity contribution in [2.24, 2.45) is 0 Å². The Hall–Kier alpha value is -0.830. The molecule has 0 N–H and O–H groups in total. The fraction of sp³-hybridized carbons (Fsp3) is 0.222. The van der Waals surface area contributed by atoms with E-state index >= 15 is 0 Å². The average molecular weight is 233 g/mol. The number of rotatable bonds is 3. The van der Waals surface area contributed by atoms with E-state index in [0.717, 1.165) is 0 Å². The van der Waals surface area contributed by atoms with Crippen LogP contribution in [-0.2, 0) is 4.74 Å². The maximum atomic E-state index is 11.5. The summed E-state index contributed by atoms with van der Waals surface area (Å²) in [6.45, 7) is -2.74. The number of ether oxygens (including phenoxy) is 1. The first-order valence-corrected chi connectivity index (χ1v) is 4.01. The lowest BCUT2D eigenvalue weighted by Gasteiger charge is -2.00. The molecule has 0 saturated heterocycles. The lowest BCUT2D eigenvalue weighted by Crippen LogP contribution is -2.06. The Morgan fingerprint density at radius 2 is 2.17 bits per heavy atom. The van der Waals surface area contributed by atoms with E-state index in [2.05, 4.69) is 20.7 Å². The fourth-order valence-corrected chi connectivity index (χ4v) is 0.780. The van der Waals surface area contributed by atoms with E-state index in [1.807, 2.05) is 0 Å². The van der Waals surface area contributed by atoms with Crippen molar-refractivity contribution in [2.75, 3.05) is 11.8 Å². The van der Waals surface area contributed by atoms with Crippen molar-refractivity contribution in [3.63, 3.8) is 0 Å². The third-order valence-electron chi connectivity index (χ3n) is 1.19. The number of benzene rings is 1. The summed E-state index contributed by atoms with van der Waals surface area (Å²) < 4.78 is 33.2. The zero-order chi connectivity index (χ0) is 12.4. The Balaban J connectivity index is 2.80. The number of hydrogen-bond acceptors (Lipinski definition) is 2. The van der Waals surface area contributed by atoms with E-state index in [-0.39, 0.29) is 5.56 Å². The van der Waals surface area contributed by atoms with E-state index in [1.165, 1.54) is 12.1 Å². The number of carbonyl (C=O) groups is 1. The SMILES string of the molecule is [2H]C([2H])(Br)C([2H])([2H])OC(=O)c1ccccc1. The van der Waals surface area contributed by atoms with Gasteiger partial charge in [-0.15, -0.1) is 0 Å². The maximum Gasteiger partial charge on any atom is 0.338 e. The van der Waals surface area contributed by atoms with Gasteiger partial charge in [-0.2, -0.15) is 0 Å². The van der Waals surface area contributed by atoms with Crippen LogP contribution >= 0.6 is 15.9 Å². The largest absolute Gasteiger partial charge is 0.461 e. The van der Waals surface area contributed by atoms with Gasteiger partial charge >= 0.3 is 5.97 Å². The first-order chi connectivity index (χ1) is 7.24. The molecule has 0 unspecified atom stereocenters. The Morgan fingerprint density at radius 1 is 1.50 bits per heavy atom. The van der Waals surface area contributed by atoms with Gasteiger partial charge in [-0.3, -0.25) is 0 Å². The van der Waals surface area contributed by atoms with Crippen molar-refractivity contribution in [3.05, 3.63) is 35.9 Å². The maximum absolute atomic E-state index is 11.5. The summed E-state index contributed by atoms with van der Waals surface area (Å²) in [6.07, 6.45) is 0. The summed E-state index contributed by atoms with van der Waals surface area (Å²) in [5.74, 6) is -0.908. The van der Waals surface area contributed by atoms with Gasteiger partial charge < -0.3 is 4.74 Å². The Bertz CT molecular complexity index is 375. The van der Waals surface area contributed by atoms with Gasteiger partial charge in [0, 0.05) is 8.02 Å². The van der Waals surface area contributed by atoms with Crippen LogP contribution in [0.4, 0.5) is 0 Å². The lowest BCUT2D eigenvalue weighted by molar-refractivity contribution is 0.0531. The van der Waals surface area contributed by atoms with E-state index < -0.39 is 17.8 Å². The first-order valence-electron chi connectivity index (χ1n) is 5.21. The second-order valence-corrected chi connectivity index (χ2v) is 2.35. The number of hydrogen-bond donors (Lipinski definition) is 0. The van der Waals surface area contributed by atoms with Gasteiger partial charge in [-0.05, 0) is 12.1 Å². The molecule has 0 spiro atoms. The highest BCUT2D eigenvalue weighted by molar-refractivity contribution is 9.09. The van der Waals surface area contributed by atoms with Gasteiger partial charge in [-0.1, -0.05) is 34.1 Å². The molecule has 0 aliphatic heterocycles. The van der Waals surface area contributed by atoms with E-state index in [9.17, 15) is 4.79 Å². The molecule has 0 aliphatic carbocycles. The van der Waals surface area contributed by atoms with Crippen LogP contribution < -0.4 is 0 Å². The molecule has 1 aromatic rings. The minimum Gasteiger partial charge on any atom is -0.461 e. The summed E-state index contributed by atoms with van der Waals surface area (Å²) in [7, 11) is 0. The molecule has 64 valence electrons. The second kappa shape index (κ2) is 4.93. The summed E-state index contributed by atoms with van der Waals surface area (Å²) in [6, 6.07) is 7.84. The topological polar surface area (TPSA) is 26.3 Å². The fourth-order valence-electron chi connectivity index (χ4n) is 0.699. The molecule has 3 heteroatoms. The lowest BCUT2D eigenvalue weighted by atomic mass is 10.2. The summed E-state index contributed by atoms with van der Waals surface area (Å²) in [5.41, 5.74) is 0.170. The van der Waals surface area contributed by atoms with Crippen molar-refractivity contribution >= 4 is 21.9 Å². The number of alkyl halides is 1. The highest BCUT2D eigenvalue weighted by Crippen LogP contribution is 2.00. The van der Waals surface area contributed by atoms with Crippen molar-refractivity contribution in [1.29, 1.82) is 0 Å². The smallest absolute Gasteiger partial charge is 0.338 e. The average Bonchev–Trinajstić information content (AvgIpc) is 2.16. The van der Waals surface area contributed by atoms with Crippen LogP contribution in [0.1, 0.15) is 15.8 Å². The van der Waals surface area contributed by atoms with Gasteiger partial charge in [0.1, 0.15) is 6.56 Å². The van der Waals surface area contributed by atoms with Crippen LogP contribution in [-0.4, -0.2) is 17.8 Å². The standard InChI is InChI=1S/C9H9BrO2/c10-6-7-12-9(11)8-4-2-1-3-5-8/h1-5H,6-7H2/i6D2,7D2. The second-order valence-electron chi connectivity index (χ2n) is 1.95. The molecule has 0 atom stereocenters. The minimum atomic E-state index is -2.74. The molecule has 0 fully saturated rings. The molecule has 0 heterocycles. The molecule has 0 aliphatic rings. The molecular formula is C9H9BrO2. The predicted octanol–water partition coefficient (Wildman–Crippen LogP) is 2.24.